The van der Waals surface area contributed by atoms with E-state index >= 15 is 0 Å². The molecule has 0 atom stereocenters. The lowest BCUT2D eigenvalue weighted by Gasteiger charge is -2.13. The Morgan fingerprint density at radius 3 is 2.58 bits per heavy atom. The predicted molar refractivity (Wildman–Crippen MR) is 96.8 cm³/mol. The van der Waals surface area contributed by atoms with Gasteiger partial charge in [0.25, 0.3) is 5.91 Å². The van der Waals surface area contributed by atoms with Gasteiger partial charge in [-0.3, -0.25) is 4.79 Å². The minimum atomic E-state index is -1.12. The fraction of sp³-hybridized carbons (Fsp3) is 0.278. The van der Waals surface area contributed by atoms with Gasteiger partial charge in [0.15, 0.2) is 0 Å². The van der Waals surface area contributed by atoms with Crippen molar-refractivity contribution in [2.45, 2.75) is 31.8 Å². The Balaban J connectivity index is 2.13. The van der Waals surface area contributed by atoms with Gasteiger partial charge in [0.1, 0.15) is 5.69 Å². The molecule has 1 amide bonds. The molecule has 0 bridgehead atoms. The largest absolute Gasteiger partial charge is 0.477 e. The van der Waals surface area contributed by atoms with E-state index in [1.54, 1.807) is 0 Å². The van der Waals surface area contributed by atoms with Crippen LogP contribution in [0.5, 0.6) is 0 Å². The molecule has 2 aromatic rings. The zero-order chi connectivity index (χ0) is 17.7. The molecule has 1 aromatic heterocycles. The first-order valence-corrected chi connectivity index (χ1v) is 8.64. The van der Waals surface area contributed by atoms with Crippen LogP contribution in [0.25, 0.3) is 0 Å². The third-order valence-corrected chi connectivity index (χ3v) is 4.66. The fourth-order valence-corrected chi connectivity index (χ4v) is 2.91. The van der Waals surface area contributed by atoms with Crippen molar-refractivity contribution in [3.8, 4) is 0 Å². The Labute approximate surface area is 145 Å². The summed E-state index contributed by atoms with van der Waals surface area (Å²) in [6, 6.07) is 8.61. The van der Waals surface area contributed by atoms with E-state index < -0.39 is 5.97 Å². The van der Waals surface area contributed by atoms with Gasteiger partial charge in [-0.25, -0.2) is 9.78 Å². The number of thioether (sulfide) groups is 1. The lowest BCUT2D eigenvalue weighted by Crippen LogP contribution is -2.14. The van der Waals surface area contributed by atoms with Crippen molar-refractivity contribution in [3.05, 3.63) is 58.9 Å². The van der Waals surface area contributed by atoms with E-state index in [1.165, 1.54) is 23.9 Å². The van der Waals surface area contributed by atoms with Gasteiger partial charge in [-0.1, -0.05) is 26.0 Å². The van der Waals surface area contributed by atoms with Gasteiger partial charge in [-0.2, -0.15) is 11.8 Å². The number of rotatable bonds is 6. The molecule has 0 saturated heterocycles. The van der Waals surface area contributed by atoms with Gasteiger partial charge in [-0.15, -0.1) is 0 Å². The molecule has 24 heavy (non-hydrogen) atoms. The maximum Gasteiger partial charge on any atom is 0.354 e. The third kappa shape index (κ3) is 4.58. The fourth-order valence-electron chi connectivity index (χ4n) is 2.08. The Morgan fingerprint density at radius 2 is 2.00 bits per heavy atom. The summed E-state index contributed by atoms with van der Waals surface area (Å²) in [7, 11) is 0. The number of carbonyl (C=O) groups is 2. The molecular formula is C18H20N2O3S. The van der Waals surface area contributed by atoms with Crippen molar-refractivity contribution >= 4 is 29.3 Å². The molecule has 0 unspecified atom stereocenters. The Kier molecular flexibility index (Phi) is 5.98. The van der Waals surface area contributed by atoms with Gasteiger partial charge < -0.3 is 10.4 Å². The van der Waals surface area contributed by atoms with E-state index in [2.05, 4.69) is 30.2 Å². The lowest BCUT2D eigenvalue weighted by molar-refractivity contribution is 0.0690. The van der Waals surface area contributed by atoms with E-state index in [-0.39, 0.29) is 11.6 Å². The summed E-state index contributed by atoms with van der Waals surface area (Å²) in [5, 5.41) is 12.3. The highest BCUT2D eigenvalue weighted by Gasteiger charge is 2.12. The van der Waals surface area contributed by atoms with Crippen molar-refractivity contribution < 1.29 is 14.7 Å². The number of amides is 1. The van der Waals surface area contributed by atoms with Crippen LogP contribution in [0.2, 0.25) is 0 Å². The van der Waals surface area contributed by atoms with Gasteiger partial charge >= 0.3 is 5.97 Å². The average molecular weight is 344 g/mol. The molecule has 2 rings (SSSR count). The number of aromatic carboxylic acids is 1. The standard InChI is InChI=1S/C18H20N2O3S/c1-11(2)24-10-14-5-4-6-15(12(14)3)20-17(21)13-7-8-16(18(22)23)19-9-13/h4-9,11H,10H2,1-3H3,(H,20,21)(H,22,23). The van der Waals surface area contributed by atoms with E-state index in [0.29, 0.717) is 10.8 Å². The lowest BCUT2D eigenvalue weighted by atomic mass is 10.1. The molecule has 0 aliphatic heterocycles. The molecule has 0 aliphatic carbocycles. The average Bonchev–Trinajstić information content (AvgIpc) is 2.55. The predicted octanol–water partition coefficient (Wildman–Crippen LogP) is 3.98. The smallest absolute Gasteiger partial charge is 0.354 e. The molecule has 0 fully saturated rings. The molecule has 1 aromatic carbocycles. The highest BCUT2D eigenvalue weighted by atomic mass is 32.2. The minimum Gasteiger partial charge on any atom is -0.477 e. The first-order valence-electron chi connectivity index (χ1n) is 7.59. The topological polar surface area (TPSA) is 79.3 Å². The van der Waals surface area contributed by atoms with Crippen LogP contribution in [-0.2, 0) is 5.75 Å². The summed E-state index contributed by atoms with van der Waals surface area (Å²) in [6.45, 7) is 6.29. The molecule has 6 heteroatoms. The van der Waals surface area contributed by atoms with Crippen molar-refractivity contribution in [1.82, 2.24) is 4.98 Å². The van der Waals surface area contributed by atoms with Gasteiger partial charge in [0.2, 0.25) is 0 Å². The summed E-state index contributed by atoms with van der Waals surface area (Å²) >= 11 is 1.85. The number of hydrogen-bond donors (Lipinski definition) is 2. The molecule has 0 saturated carbocycles. The van der Waals surface area contributed by atoms with Gasteiger partial charge in [-0.05, 0) is 41.5 Å². The van der Waals surface area contributed by atoms with Crippen molar-refractivity contribution in [3.63, 3.8) is 0 Å². The number of benzene rings is 1. The molecule has 5 nitrogen and oxygen atoms in total. The Hall–Kier alpha value is -2.34. The van der Waals surface area contributed by atoms with E-state index in [9.17, 15) is 9.59 Å². The van der Waals surface area contributed by atoms with Crippen molar-refractivity contribution in [1.29, 1.82) is 0 Å². The van der Waals surface area contributed by atoms with Crippen molar-refractivity contribution in [2.75, 3.05) is 5.32 Å². The molecule has 2 N–H and O–H groups in total. The van der Waals surface area contributed by atoms with Crippen LogP contribution >= 0.6 is 11.8 Å². The molecule has 1 heterocycles. The summed E-state index contributed by atoms with van der Waals surface area (Å²) in [6.07, 6.45) is 1.27. The van der Waals surface area contributed by atoms with Crippen LogP contribution in [0.1, 0.15) is 45.8 Å². The molecule has 126 valence electrons. The van der Waals surface area contributed by atoms with E-state index in [0.717, 1.165) is 17.0 Å². The third-order valence-electron chi connectivity index (χ3n) is 3.51. The van der Waals surface area contributed by atoms with E-state index in [1.807, 2.05) is 30.8 Å². The Bertz CT molecular complexity index is 742. The first kappa shape index (κ1) is 18.0. The highest BCUT2D eigenvalue weighted by Crippen LogP contribution is 2.25. The van der Waals surface area contributed by atoms with Gasteiger partial charge in [0, 0.05) is 17.6 Å². The summed E-state index contributed by atoms with van der Waals surface area (Å²) in [5.41, 5.74) is 3.21. The highest BCUT2D eigenvalue weighted by molar-refractivity contribution is 7.99. The Morgan fingerprint density at radius 1 is 1.25 bits per heavy atom. The van der Waals surface area contributed by atoms with E-state index in [4.69, 9.17) is 5.11 Å². The molecule has 0 radical (unpaired) electrons. The molecular weight excluding hydrogens is 324 g/mol. The molecule has 0 spiro atoms. The number of carboxylic acids is 1. The number of aromatic nitrogens is 1. The van der Waals surface area contributed by atoms with Crippen molar-refractivity contribution in [2.24, 2.45) is 0 Å². The number of anilines is 1. The van der Waals surface area contributed by atoms with Crippen LogP contribution in [0.3, 0.4) is 0 Å². The number of pyridine rings is 1. The second-order valence-corrected chi connectivity index (χ2v) is 7.21. The SMILES string of the molecule is Cc1c(CSC(C)C)cccc1NC(=O)c1ccc(C(=O)O)nc1. The second kappa shape index (κ2) is 7.97. The summed E-state index contributed by atoms with van der Waals surface area (Å²) in [4.78, 5) is 26.9. The molecule has 0 aliphatic rings. The summed E-state index contributed by atoms with van der Waals surface area (Å²) < 4.78 is 0. The monoisotopic (exact) mass is 344 g/mol. The number of carboxylic acid groups (broad SMARTS) is 1. The van der Waals surface area contributed by atoms with Crippen LogP contribution in [-0.4, -0.2) is 27.2 Å². The van der Waals surface area contributed by atoms with Gasteiger partial charge in [0.05, 0.1) is 5.56 Å². The zero-order valence-electron chi connectivity index (χ0n) is 13.9. The number of hydrogen-bond acceptors (Lipinski definition) is 4. The maximum absolute atomic E-state index is 12.3. The zero-order valence-corrected chi connectivity index (χ0v) is 14.7. The van der Waals surface area contributed by atoms with Crippen LogP contribution < -0.4 is 5.32 Å². The van der Waals surface area contributed by atoms with Crippen LogP contribution in [0, 0.1) is 6.92 Å². The first-order chi connectivity index (χ1) is 11.4. The van der Waals surface area contributed by atoms with Crippen LogP contribution in [0.15, 0.2) is 36.5 Å². The normalized spacial score (nSPS) is 10.7. The van der Waals surface area contributed by atoms with Crippen LogP contribution in [0.4, 0.5) is 5.69 Å². The maximum atomic E-state index is 12.3. The second-order valence-electron chi connectivity index (χ2n) is 5.64. The summed E-state index contributed by atoms with van der Waals surface area (Å²) in [5.74, 6) is -0.536. The number of carbonyl (C=O) groups excluding carboxylic acids is 1. The number of nitrogens with zero attached hydrogens (tertiary/aromatic N) is 1. The minimum absolute atomic E-state index is 0.0876. The number of nitrogens with one attached hydrogen (secondary N) is 1. The quantitative estimate of drug-likeness (QED) is 0.828.